The normalized spacial score (nSPS) is 20.6. The topological polar surface area (TPSA) is 43.3 Å². The van der Waals surface area contributed by atoms with Gasteiger partial charge in [-0.3, -0.25) is 4.79 Å². The first-order valence-electron chi connectivity index (χ1n) is 8.11. The van der Waals surface area contributed by atoms with Gasteiger partial charge >= 0.3 is 0 Å². The fourth-order valence-electron chi connectivity index (χ4n) is 3.23. The predicted molar refractivity (Wildman–Crippen MR) is 95.5 cm³/mol. The van der Waals surface area contributed by atoms with Crippen LogP contribution in [0, 0.1) is 0 Å². The van der Waals surface area contributed by atoms with Gasteiger partial charge in [0.1, 0.15) is 0 Å². The van der Waals surface area contributed by atoms with E-state index in [0.717, 1.165) is 22.8 Å². The Morgan fingerprint density at radius 2 is 2.26 bits per heavy atom. The zero-order valence-electron chi connectivity index (χ0n) is 13.6. The largest absolute Gasteiger partial charge is 0.375 e. The van der Waals surface area contributed by atoms with Gasteiger partial charge in [0.2, 0.25) is 5.91 Å². The summed E-state index contributed by atoms with van der Waals surface area (Å²) in [6.45, 7) is 5.57. The number of ether oxygens (including phenoxy) is 1. The van der Waals surface area contributed by atoms with Crippen molar-refractivity contribution in [1.82, 2.24) is 9.88 Å². The molecule has 0 radical (unpaired) electrons. The highest BCUT2D eigenvalue weighted by molar-refractivity contribution is 9.10. The number of aromatic nitrogens is 1. The maximum absolute atomic E-state index is 12.2. The van der Waals surface area contributed by atoms with Crippen molar-refractivity contribution in [1.29, 1.82) is 0 Å². The molecule has 1 atom stereocenters. The predicted octanol–water partition coefficient (Wildman–Crippen LogP) is 3.87. The highest BCUT2D eigenvalue weighted by atomic mass is 79.9. The summed E-state index contributed by atoms with van der Waals surface area (Å²) in [6, 6.07) is 8.52. The summed E-state index contributed by atoms with van der Waals surface area (Å²) < 4.78 is 8.88. The summed E-state index contributed by atoms with van der Waals surface area (Å²) in [5, 5.41) is 4.35. The number of carbonyl (C=O) groups is 1. The first kappa shape index (κ1) is 16.5. The van der Waals surface area contributed by atoms with E-state index in [-0.39, 0.29) is 17.6 Å². The number of nitrogens with one attached hydrogen (secondary N) is 1. The van der Waals surface area contributed by atoms with Gasteiger partial charge in [0.25, 0.3) is 0 Å². The molecule has 2 aromatic rings. The van der Waals surface area contributed by atoms with E-state index < -0.39 is 0 Å². The first-order valence-corrected chi connectivity index (χ1v) is 8.90. The van der Waals surface area contributed by atoms with E-state index in [2.05, 4.69) is 57.9 Å². The van der Waals surface area contributed by atoms with Crippen LogP contribution >= 0.6 is 15.9 Å². The van der Waals surface area contributed by atoms with E-state index >= 15 is 0 Å². The van der Waals surface area contributed by atoms with E-state index in [9.17, 15) is 4.79 Å². The molecule has 2 heterocycles. The SMILES string of the molecule is CC1(C)CC(NC(=O)CCn2ccc3ccc(Br)cc32)CCO1. The van der Waals surface area contributed by atoms with Crippen molar-refractivity contribution in [2.45, 2.75) is 51.3 Å². The summed E-state index contributed by atoms with van der Waals surface area (Å²) in [6.07, 6.45) is 4.31. The van der Waals surface area contributed by atoms with Crippen LogP contribution in [-0.4, -0.2) is 28.7 Å². The fraction of sp³-hybridized carbons (Fsp3) is 0.500. The molecule has 0 aliphatic carbocycles. The second kappa shape index (κ2) is 6.65. The third kappa shape index (κ3) is 4.15. The molecule has 1 aliphatic rings. The Morgan fingerprint density at radius 3 is 3.04 bits per heavy atom. The van der Waals surface area contributed by atoms with Crippen molar-refractivity contribution in [3.63, 3.8) is 0 Å². The van der Waals surface area contributed by atoms with Crippen LogP contribution in [0.5, 0.6) is 0 Å². The van der Waals surface area contributed by atoms with E-state index in [4.69, 9.17) is 4.74 Å². The second-order valence-electron chi connectivity index (χ2n) is 6.83. The molecule has 1 amide bonds. The van der Waals surface area contributed by atoms with Gasteiger partial charge in [-0.05, 0) is 50.3 Å². The molecule has 0 saturated carbocycles. The molecular formula is C18H23BrN2O2. The van der Waals surface area contributed by atoms with Gasteiger partial charge in [0.05, 0.1) is 5.60 Å². The minimum atomic E-state index is -0.140. The molecular weight excluding hydrogens is 356 g/mol. The lowest BCUT2D eigenvalue weighted by molar-refractivity contribution is -0.124. The molecule has 0 spiro atoms. The van der Waals surface area contributed by atoms with E-state index in [1.54, 1.807) is 0 Å². The first-order chi connectivity index (χ1) is 10.9. The fourth-order valence-corrected chi connectivity index (χ4v) is 3.58. The molecule has 1 N–H and O–H groups in total. The number of hydrogen-bond acceptors (Lipinski definition) is 2. The number of carbonyl (C=O) groups excluding carboxylic acids is 1. The van der Waals surface area contributed by atoms with Crippen molar-refractivity contribution >= 4 is 32.7 Å². The highest BCUT2D eigenvalue weighted by Crippen LogP contribution is 2.24. The van der Waals surface area contributed by atoms with Crippen LogP contribution in [-0.2, 0) is 16.1 Å². The van der Waals surface area contributed by atoms with Gasteiger partial charge in [-0.15, -0.1) is 0 Å². The Bertz CT molecular complexity index is 708. The summed E-state index contributed by atoms with van der Waals surface area (Å²) >= 11 is 3.50. The molecule has 1 unspecified atom stereocenters. The number of aryl methyl sites for hydroxylation is 1. The van der Waals surface area contributed by atoms with Crippen LogP contribution in [0.25, 0.3) is 10.9 Å². The molecule has 1 saturated heterocycles. The lowest BCUT2D eigenvalue weighted by Gasteiger charge is -2.35. The standard InChI is InChI=1S/C18H23BrN2O2/c1-18(2)12-15(7-10-23-18)20-17(22)6-9-21-8-5-13-3-4-14(19)11-16(13)21/h3-5,8,11,15H,6-7,9-10,12H2,1-2H3,(H,20,22). The highest BCUT2D eigenvalue weighted by Gasteiger charge is 2.29. The second-order valence-corrected chi connectivity index (χ2v) is 7.74. The monoisotopic (exact) mass is 378 g/mol. The molecule has 23 heavy (non-hydrogen) atoms. The van der Waals surface area contributed by atoms with E-state index in [1.807, 2.05) is 12.3 Å². The smallest absolute Gasteiger partial charge is 0.222 e. The zero-order valence-corrected chi connectivity index (χ0v) is 15.2. The van der Waals surface area contributed by atoms with Gasteiger partial charge in [-0.1, -0.05) is 22.0 Å². The number of hydrogen-bond donors (Lipinski definition) is 1. The van der Waals surface area contributed by atoms with Crippen molar-refractivity contribution in [3.8, 4) is 0 Å². The van der Waals surface area contributed by atoms with Gasteiger partial charge < -0.3 is 14.6 Å². The van der Waals surface area contributed by atoms with Crippen molar-refractivity contribution < 1.29 is 9.53 Å². The van der Waals surface area contributed by atoms with E-state index in [0.29, 0.717) is 19.6 Å². The zero-order chi connectivity index (χ0) is 16.4. The minimum Gasteiger partial charge on any atom is -0.375 e. The number of rotatable bonds is 4. The number of benzene rings is 1. The van der Waals surface area contributed by atoms with Gasteiger partial charge in [0.15, 0.2) is 0 Å². The Hall–Kier alpha value is -1.33. The molecule has 1 aliphatic heterocycles. The average molecular weight is 379 g/mol. The molecule has 1 aromatic heterocycles. The third-order valence-electron chi connectivity index (χ3n) is 4.38. The van der Waals surface area contributed by atoms with Crippen LogP contribution in [0.1, 0.15) is 33.1 Å². The molecule has 4 nitrogen and oxygen atoms in total. The molecule has 1 fully saturated rings. The Kier molecular flexibility index (Phi) is 4.78. The van der Waals surface area contributed by atoms with Crippen LogP contribution in [0.4, 0.5) is 0 Å². The summed E-state index contributed by atoms with van der Waals surface area (Å²) in [5.41, 5.74) is 1.01. The molecule has 0 bridgehead atoms. The quantitative estimate of drug-likeness (QED) is 0.877. The molecule has 124 valence electrons. The van der Waals surface area contributed by atoms with Crippen molar-refractivity contribution in [2.75, 3.05) is 6.61 Å². The number of fused-ring (bicyclic) bond motifs is 1. The van der Waals surface area contributed by atoms with Crippen molar-refractivity contribution in [3.05, 3.63) is 34.9 Å². The van der Waals surface area contributed by atoms with Crippen molar-refractivity contribution in [2.24, 2.45) is 0 Å². The Morgan fingerprint density at radius 1 is 1.43 bits per heavy atom. The van der Waals surface area contributed by atoms with Gasteiger partial charge in [0, 0.05) is 41.8 Å². The minimum absolute atomic E-state index is 0.115. The maximum Gasteiger partial charge on any atom is 0.222 e. The lowest BCUT2D eigenvalue weighted by Crippen LogP contribution is -2.45. The third-order valence-corrected chi connectivity index (χ3v) is 4.87. The van der Waals surface area contributed by atoms with Crippen LogP contribution in [0.2, 0.25) is 0 Å². The Labute approximate surface area is 145 Å². The van der Waals surface area contributed by atoms with Crippen LogP contribution in [0.3, 0.4) is 0 Å². The number of halogens is 1. The molecule has 1 aromatic carbocycles. The molecule has 5 heteroatoms. The maximum atomic E-state index is 12.2. The average Bonchev–Trinajstić information content (AvgIpc) is 2.86. The number of amides is 1. The van der Waals surface area contributed by atoms with Gasteiger partial charge in [-0.2, -0.15) is 0 Å². The summed E-state index contributed by atoms with van der Waals surface area (Å²) in [4.78, 5) is 12.2. The van der Waals surface area contributed by atoms with Gasteiger partial charge in [-0.25, -0.2) is 0 Å². The number of nitrogens with zero attached hydrogens (tertiary/aromatic N) is 1. The molecule has 3 rings (SSSR count). The van der Waals surface area contributed by atoms with E-state index in [1.165, 1.54) is 5.39 Å². The van der Waals surface area contributed by atoms with Crippen LogP contribution in [0.15, 0.2) is 34.9 Å². The van der Waals surface area contributed by atoms with Crippen LogP contribution < -0.4 is 5.32 Å². The lowest BCUT2D eigenvalue weighted by atomic mass is 9.94. The summed E-state index contributed by atoms with van der Waals surface area (Å²) in [7, 11) is 0. The summed E-state index contributed by atoms with van der Waals surface area (Å²) in [5.74, 6) is 0.115. The Balaban J connectivity index is 1.57.